The first kappa shape index (κ1) is 21.3. The largest absolute Gasteiger partial charge is 0.465 e. The number of benzene rings is 1. The lowest BCUT2D eigenvalue weighted by atomic mass is 10.1. The van der Waals surface area contributed by atoms with E-state index in [1.54, 1.807) is 19.1 Å². The number of aromatic nitrogens is 1. The van der Waals surface area contributed by atoms with Crippen LogP contribution in [0.25, 0.3) is 0 Å². The van der Waals surface area contributed by atoms with Gasteiger partial charge in [0.1, 0.15) is 12.1 Å². The van der Waals surface area contributed by atoms with Gasteiger partial charge in [0.05, 0.1) is 18.2 Å². The van der Waals surface area contributed by atoms with Gasteiger partial charge in [-0.05, 0) is 31.0 Å². The summed E-state index contributed by atoms with van der Waals surface area (Å²) in [5.41, 5.74) is 0.0932. The van der Waals surface area contributed by atoms with Gasteiger partial charge in [0.25, 0.3) is 11.2 Å². The van der Waals surface area contributed by atoms with Gasteiger partial charge in [-0.1, -0.05) is 12.1 Å². The second-order valence-electron chi connectivity index (χ2n) is 6.04. The predicted molar refractivity (Wildman–Crippen MR) is 102 cm³/mol. The number of nitro groups is 1. The third kappa shape index (κ3) is 5.03. The van der Waals surface area contributed by atoms with Gasteiger partial charge in [0, 0.05) is 11.8 Å². The number of nitrogens with one attached hydrogen (secondary N) is 2. The molecule has 2 rings (SSSR count). The molecule has 1 aromatic carbocycles. The maximum atomic E-state index is 12.3. The molecular weight excluding hydrogens is 384 g/mol. The number of carbonyl (C=O) groups excluding carboxylic acids is 3. The first-order chi connectivity index (χ1) is 13.6. The van der Waals surface area contributed by atoms with Crippen LogP contribution in [0.3, 0.4) is 0 Å². The standard InChI is InChI=1S/C18H18N4O7/c1-10-5-4-6-14(11(10)2)19-18(26)20-15(23)9-21-8-12(22(27)28)7-13(16(21)24)17(25)29-3/h4-8H,9H2,1-3H3,(H2,19,20,23,26). The van der Waals surface area contributed by atoms with Crippen molar-refractivity contribution in [2.75, 3.05) is 12.4 Å². The molecule has 2 N–H and O–H groups in total. The Balaban J connectivity index is 2.19. The number of esters is 1. The number of pyridine rings is 1. The minimum absolute atomic E-state index is 0.496. The van der Waals surface area contributed by atoms with Crippen LogP contribution in [0.1, 0.15) is 21.5 Å². The molecule has 0 unspecified atom stereocenters. The van der Waals surface area contributed by atoms with Crippen molar-refractivity contribution in [3.8, 4) is 0 Å². The van der Waals surface area contributed by atoms with Crippen molar-refractivity contribution in [3.05, 3.63) is 67.6 Å². The fraction of sp³-hybridized carbons (Fsp3) is 0.222. The topological polar surface area (TPSA) is 150 Å². The van der Waals surface area contributed by atoms with E-state index in [-0.39, 0.29) is 0 Å². The monoisotopic (exact) mass is 402 g/mol. The number of aryl methyl sites for hydroxylation is 1. The van der Waals surface area contributed by atoms with Crippen LogP contribution in [0.2, 0.25) is 0 Å². The number of urea groups is 1. The summed E-state index contributed by atoms with van der Waals surface area (Å²) in [7, 11) is 1.01. The van der Waals surface area contributed by atoms with Crippen molar-refractivity contribution in [3.63, 3.8) is 0 Å². The molecule has 0 fully saturated rings. The van der Waals surface area contributed by atoms with Crippen LogP contribution in [0.15, 0.2) is 35.3 Å². The predicted octanol–water partition coefficient (Wildman–Crippen LogP) is 1.51. The average Bonchev–Trinajstić information content (AvgIpc) is 2.66. The van der Waals surface area contributed by atoms with E-state index in [1.165, 1.54) is 0 Å². The van der Waals surface area contributed by atoms with Gasteiger partial charge in [0.2, 0.25) is 5.91 Å². The van der Waals surface area contributed by atoms with Crippen molar-refractivity contribution in [2.24, 2.45) is 0 Å². The van der Waals surface area contributed by atoms with Crippen molar-refractivity contribution in [2.45, 2.75) is 20.4 Å². The average molecular weight is 402 g/mol. The van der Waals surface area contributed by atoms with Crippen molar-refractivity contribution < 1.29 is 24.0 Å². The minimum Gasteiger partial charge on any atom is -0.465 e. The zero-order valence-corrected chi connectivity index (χ0v) is 15.8. The molecule has 29 heavy (non-hydrogen) atoms. The number of amides is 3. The molecule has 3 amide bonds. The number of hydrogen-bond acceptors (Lipinski definition) is 7. The van der Waals surface area contributed by atoms with Crippen LogP contribution in [0, 0.1) is 24.0 Å². The Morgan fingerprint density at radius 1 is 1.24 bits per heavy atom. The van der Waals surface area contributed by atoms with Crippen LogP contribution in [0.5, 0.6) is 0 Å². The molecule has 0 radical (unpaired) electrons. The molecule has 1 aromatic heterocycles. The molecule has 11 heteroatoms. The third-order valence-electron chi connectivity index (χ3n) is 4.11. The molecule has 0 atom stereocenters. The summed E-state index contributed by atoms with van der Waals surface area (Å²) in [6.45, 7) is 2.94. The second-order valence-corrected chi connectivity index (χ2v) is 6.04. The summed E-state index contributed by atoms with van der Waals surface area (Å²) in [6.07, 6.45) is 0.803. The number of carbonyl (C=O) groups is 3. The highest BCUT2D eigenvalue weighted by Crippen LogP contribution is 2.17. The fourth-order valence-electron chi connectivity index (χ4n) is 2.45. The first-order valence-electron chi connectivity index (χ1n) is 8.28. The van der Waals surface area contributed by atoms with Gasteiger partial charge in [-0.15, -0.1) is 0 Å². The van der Waals surface area contributed by atoms with Crippen molar-refractivity contribution in [1.82, 2.24) is 9.88 Å². The summed E-state index contributed by atoms with van der Waals surface area (Å²) in [5, 5.41) is 15.6. The highest BCUT2D eigenvalue weighted by molar-refractivity contribution is 6.01. The molecule has 0 bridgehead atoms. The highest BCUT2D eigenvalue weighted by atomic mass is 16.6. The molecular formula is C18H18N4O7. The summed E-state index contributed by atoms with van der Waals surface area (Å²) < 4.78 is 5.08. The summed E-state index contributed by atoms with van der Waals surface area (Å²) in [5.74, 6) is -1.99. The van der Waals surface area contributed by atoms with Crippen molar-refractivity contribution in [1.29, 1.82) is 0 Å². The second kappa shape index (κ2) is 8.78. The number of imide groups is 1. The van der Waals surface area contributed by atoms with Gasteiger partial charge >= 0.3 is 12.0 Å². The maximum Gasteiger partial charge on any atom is 0.343 e. The molecule has 0 saturated carbocycles. The van der Waals surface area contributed by atoms with Crippen LogP contribution in [-0.4, -0.2) is 34.5 Å². The van der Waals surface area contributed by atoms with Crippen LogP contribution >= 0.6 is 0 Å². The molecule has 0 aliphatic heterocycles. The third-order valence-corrected chi connectivity index (χ3v) is 4.11. The normalized spacial score (nSPS) is 10.2. The summed E-state index contributed by atoms with van der Waals surface area (Å²) in [6, 6.07) is 5.17. The Kier molecular flexibility index (Phi) is 6.44. The SMILES string of the molecule is COC(=O)c1cc([N+](=O)[O-])cn(CC(=O)NC(=O)Nc2cccc(C)c2C)c1=O. The number of ether oxygens (including phenoxy) is 1. The molecule has 11 nitrogen and oxygen atoms in total. The molecule has 2 aromatic rings. The van der Waals surface area contributed by atoms with E-state index < -0.39 is 46.2 Å². The summed E-state index contributed by atoms with van der Waals surface area (Å²) in [4.78, 5) is 58.3. The van der Waals surface area contributed by atoms with E-state index in [4.69, 9.17) is 0 Å². The highest BCUT2D eigenvalue weighted by Gasteiger charge is 2.21. The Bertz CT molecular complexity index is 1060. The van der Waals surface area contributed by atoms with E-state index >= 15 is 0 Å². The first-order valence-corrected chi connectivity index (χ1v) is 8.28. The Morgan fingerprint density at radius 2 is 1.93 bits per heavy atom. The lowest BCUT2D eigenvalue weighted by molar-refractivity contribution is -0.385. The van der Waals surface area contributed by atoms with E-state index in [9.17, 15) is 29.3 Å². The number of hydrogen-bond donors (Lipinski definition) is 2. The van der Waals surface area contributed by atoms with Crippen LogP contribution in [0.4, 0.5) is 16.2 Å². The van der Waals surface area contributed by atoms with E-state index in [2.05, 4.69) is 10.1 Å². The van der Waals surface area contributed by atoms with E-state index in [0.29, 0.717) is 10.3 Å². The van der Waals surface area contributed by atoms with E-state index in [0.717, 1.165) is 30.5 Å². The van der Waals surface area contributed by atoms with Gasteiger partial charge < -0.3 is 10.1 Å². The Labute approximate surface area is 164 Å². The Hall–Kier alpha value is -4.02. The Morgan fingerprint density at radius 3 is 2.55 bits per heavy atom. The van der Waals surface area contributed by atoms with Gasteiger partial charge in [-0.3, -0.25) is 29.6 Å². The molecule has 152 valence electrons. The molecule has 0 aliphatic rings. The number of nitrogens with zero attached hydrogens (tertiary/aromatic N) is 2. The zero-order valence-electron chi connectivity index (χ0n) is 15.8. The zero-order chi connectivity index (χ0) is 21.7. The lowest BCUT2D eigenvalue weighted by Crippen LogP contribution is -2.39. The molecule has 0 spiro atoms. The van der Waals surface area contributed by atoms with Gasteiger partial charge in [-0.25, -0.2) is 9.59 Å². The summed E-state index contributed by atoms with van der Waals surface area (Å²) >= 11 is 0. The van der Waals surface area contributed by atoms with E-state index in [1.807, 2.05) is 18.3 Å². The minimum atomic E-state index is -1.08. The molecule has 0 aliphatic carbocycles. The molecule has 1 heterocycles. The van der Waals surface area contributed by atoms with Crippen LogP contribution < -0.4 is 16.2 Å². The quantitative estimate of drug-likeness (QED) is 0.437. The fourth-order valence-corrected chi connectivity index (χ4v) is 2.45. The van der Waals surface area contributed by atoms with Gasteiger partial charge in [-0.2, -0.15) is 0 Å². The maximum absolute atomic E-state index is 12.3. The van der Waals surface area contributed by atoms with Gasteiger partial charge in [0.15, 0.2) is 0 Å². The number of rotatable bonds is 5. The number of methoxy groups -OCH3 is 1. The smallest absolute Gasteiger partial charge is 0.343 e. The number of anilines is 1. The molecule has 0 saturated heterocycles. The lowest BCUT2D eigenvalue weighted by Gasteiger charge is -2.11. The van der Waals surface area contributed by atoms with Crippen molar-refractivity contribution >= 4 is 29.3 Å². The van der Waals surface area contributed by atoms with Crippen LogP contribution in [-0.2, 0) is 16.1 Å².